The van der Waals surface area contributed by atoms with Crippen molar-refractivity contribution in [3.05, 3.63) is 23.8 Å². The molecule has 1 N–H and O–H groups in total. The van der Waals surface area contributed by atoms with Crippen molar-refractivity contribution in [1.29, 1.82) is 0 Å². The summed E-state index contributed by atoms with van der Waals surface area (Å²) in [7, 11) is 1.59. The van der Waals surface area contributed by atoms with Gasteiger partial charge in [0.2, 0.25) is 0 Å². The lowest BCUT2D eigenvalue weighted by atomic mass is 10.1. The van der Waals surface area contributed by atoms with E-state index < -0.39 is 0 Å². The van der Waals surface area contributed by atoms with Crippen LogP contribution in [0.1, 0.15) is 12.0 Å². The Hall–Kier alpha value is -0.830. The number of aryl methyl sites for hydroxylation is 1. The van der Waals surface area contributed by atoms with Crippen LogP contribution in [0.15, 0.2) is 18.2 Å². The van der Waals surface area contributed by atoms with E-state index in [0.29, 0.717) is 11.5 Å². The van der Waals surface area contributed by atoms with Gasteiger partial charge in [-0.25, -0.2) is 0 Å². The molecule has 0 aliphatic carbocycles. The molecule has 0 heterocycles. The number of phenols is 1. The van der Waals surface area contributed by atoms with Crippen LogP contribution >= 0.6 is 12.6 Å². The predicted molar refractivity (Wildman–Crippen MR) is 56.8 cm³/mol. The summed E-state index contributed by atoms with van der Waals surface area (Å²) >= 11 is 4.12. The van der Waals surface area contributed by atoms with Crippen molar-refractivity contribution in [1.82, 2.24) is 0 Å². The maximum atomic E-state index is 9.54. The highest BCUT2D eigenvalue weighted by molar-refractivity contribution is 7.80. The Morgan fingerprint density at radius 2 is 2.23 bits per heavy atom. The van der Waals surface area contributed by atoms with Crippen LogP contribution in [0.2, 0.25) is 0 Å². The minimum atomic E-state index is 0.307. The van der Waals surface area contributed by atoms with Gasteiger partial charge in [0.15, 0.2) is 0 Å². The van der Waals surface area contributed by atoms with E-state index in [1.54, 1.807) is 13.2 Å². The van der Waals surface area contributed by atoms with E-state index in [1.165, 1.54) is 0 Å². The summed E-state index contributed by atoms with van der Waals surface area (Å²) in [4.78, 5) is 0. The second-order valence-corrected chi connectivity index (χ2v) is 3.27. The van der Waals surface area contributed by atoms with Crippen LogP contribution in [0.4, 0.5) is 0 Å². The lowest BCUT2D eigenvalue weighted by molar-refractivity contribution is 0.406. The molecule has 72 valence electrons. The van der Waals surface area contributed by atoms with Crippen molar-refractivity contribution < 1.29 is 9.84 Å². The average Bonchev–Trinajstić information content (AvgIpc) is 2.16. The zero-order valence-electron chi connectivity index (χ0n) is 7.66. The summed E-state index contributed by atoms with van der Waals surface area (Å²) in [5, 5.41) is 9.54. The highest BCUT2D eigenvalue weighted by atomic mass is 32.1. The van der Waals surface area contributed by atoms with Crippen LogP contribution in [-0.4, -0.2) is 18.0 Å². The molecular weight excluding hydrogens is 184 g/mol. The van der Waals surface area contributed by atoms with E-state index in [4.69, 9.17) is 4.74 Å². The van der Waals surface area contributed by atoms with Gasteiger partial charge >= 0.3 is 0 Å². The van der Waals surface area contributed by atoms with Crippen LogP contribution in [0.3, 0.4) is 0 Å². The largest absolute Gasteiger partial charge is 0.508 e. The molecule has 0 aromatic heterocycles. The van der Waals surface area contributed by atoms with Crippen LogP contribution in [0.25, 0.3) is 0 Å². The second-order valence-electron chi connectivity index (χ2n) is 2.82. The van der Waals surface area contributed by atoms with Crippen LogP contribution < -0.4 is 4.74 Å². The first-order chi connectivity index (χ1) is 6.27. The van der Waals surface area contributed by atoms with Crippen molar-refractivity contribution in [3.63, 3.8) is 0 Å². The van der Waals surface area contributed by atoms with Crippen molar-refractivity contribution in [2.45, 2.75) is 12.8 Å². The fourth-order valence-electron chi connectivity index (χ4n) is 1.15. The fourth-order valence-corrected chi connectivity index (χ4v) is 1.31. The molecule has 0 unspecified atom stereocenters. The third-order valence-electron chi connectivity index (χ3n) is 1.90. The third-order valence-corrected chi connectivity index (χ3v) is 2.21. The summed E-state index contributed by atoms with van der Waals surface area (Å²) in [6.45, 7) is 0. The first kappa shape index (κ1) is 10.3. The highest BCUT2D eigenvalue weighted by Crippen LogP contribution is 2.24. The molecule has 1 aromatic rings. The first-order valence-corrected chi connectivity index (χ1v) is 4.88. The number of hydrogen-bond acceptors (Lipinski definition) is 3. The Morgan fingerprint density at radius 1 is 1.46 bits per heavy atom. The molecule has 3 heteroatoms. The van der Waals surface area contributed by atoms with Gasteiger partial charge in [-0.1, -0.05) is 6.07 Å². The normalized spacial score (nSPS) is 10.0. The van der Waals surface area contributed by atoms with Gasteiger partial charge in [-0.15, -0.1) is 0 Å². The Balaban J connectivity index is 2.73. The van der Waals surface area contributed by atoms with Crippen molar-refractivity contribution >= 4 is 12.6 Å². The molecule has 0 saturated carbocycles. The first-order valence-electron chi connectivity index (χ1n) is 4.24. The Bertz CT molecular complexity index is 274. The molecule has 0 fully saturated rings. The lowest BCUT2D eigenvalue weighted by Crippen LogP contribution is -1.89. The van der Waals surface area contributed by atoms with Gasteiger partial charge < -0.3 is 9.84 Å². The van der Waals surface area contributed by atoms with Gasteiger partial charge in [-0.2, -0.15) is 12.6 Å². The molecule has 1 aromatic carbocycles. The van der Waals surface area contributed by atoms with Crippen LogP contribution in [0.5, 0.6) is 11.5 Å². The number of methoxy groups -OCH3 is 1. The fraction of sp³-hybridized carbons (Fsp3) is 0.400. The van der Waals surface area contributed by atoms with E-state index in [2.05, 4.69) is 12.6 Å². The Morgan fingerprint density at radius 3 is 2.77 bits per heavy atom. The van der Waals surface area contributed by atoms with E-state index >= 15 is 0 Å². The molecule has 2 nitrogen and oxygen atoms in total. The minimum Gasteiger partial charge on any atom is -0.508 e. The summed E-state index contributed by atoms with van der Waals surface area (Å²) in [5.74, 6) is 1.83. The van der Waals surface area contributed by atoms with Gasteiger partial charge in [0.05, 0.1) is 7.11 Å². The van der Waals surface area contributed by atoms with Crippen LogP contribution in [0, 0.1) is 0 Å². The van der Waals surface area contributed by atoms with Crippen LogP contribution in [-0.2, 0) is 6.42 Å². The summed E-state index contributed by atoms with van der Waals surface area (Å²) < 4.78 is 4.98. The highest BCUT2D eigenvalue weighted by Gasteiger charge is 2.01. The summed E-state index contributed by atoms with van der Waals surface area (Å²) in [6, 6.07) is 5.37. The number of hydrogen-bond donors (Lipinski definition) is 2. The summed E-state index contributed by atoms with van der Waals surface area (Å²) in [6.07, 6.45) is 1.84. The SMILES string of the molecule is COc1ccc(CCCS)c(O)c1. The number of thiol groups is 1. The zero-order chi connectivity index (χ0) is 9.68. The van der Waals surface area contributed by atoms with E-state index in [1.807, 2.05) is 12.1 Å². The molecule has 0 radical (unpaired) electrons. The number of ether oxygens (including phenoxy) is 1. The zero-order valence-corrected chi connectivity index (χ0v) is 8.55. The molecule has 13 heavy (non-hydrogen) atoms. The smallest absolute Gasteiger partial charge is 0.122 e. The molecular formula is C10H14O2S. The molecule has 0 amide bonds. The molecule has 0 spiro atoms. The number of rotatable bonds is 4. The average molecular weight is 198 g/mol. The Labute approximate surface area is 84.0 Å². The van der Waals surface area contributed by atoms with Gasteiger partial charge in [0, 0.05) is 6.07 Å². The standard InChI is InChI=1S/C10H14O2S/c1-12-9-5-4-8(3-2-6-13)10(11)7-9/h4-5,7,11,13H,2-3,6H2,1H3. The van der Waals surface area contributed by atoms with Gasteiger partial charge in [0.1, 0.15) is 11.5 Å². The van der Waals surface area contributed by atoms with Crippen molar-refractivity contribution in [3.8, 4) is 11.5 Å². The lowest BCUT2D eigenvalue weighted by Gasteiger charge is -2.05. The molecule has 0 aliphatic rings. The van der Waals surface area contributed by atoms with Gasteiger partial charge in [-0.05, 0) is 30.2 Å². The summed E-state index contributed by atoms with van der Waals surface area (Å²) in [5.41, 5.74) is 0.954. The molecule has 0 aliphatic heterocycles. The number of aromatic hydroxyl groups is 1. The molecule has 1 rings (SSSR count). The maximum absolute atomic E-state index is 9.54. The van der Waals surface area contributed by atoms with E-state index in [-0.39, 0.29) is 0 Å². The van der Waals surface area contributed by atoms with Crippen molar-refractivity contribution in [2.24, 2.45) is 0 Å². The second kappa shape index (κ2) is 5.02. The molecule has 0 atom stereocenters. The van der Waals surface area contributed by atoms with Gasteiger partial charge in [0.25, 0.3) is 0 Å². The third kappa shape index (κ3) is 2.84. The van der Waals surface area contributed by atoms with Crippen molar-refractivity contribution in [2.75, 3.05) is 12.9 Å². The number of benzene rings is 1. The topological polar surface area (TPSA) is 29.5 Å². The van der Waals surface area contributed by atoms with E-state index in [9.17, 15) is 5.11 Å². The van der Waals surface area contributed by atoms with E-state index in [0.717, 1.165) is 24.2 Å². The predicted octanol–water partition coefficient (Wildman–Crippen LogP) is 2.26. The Kier molecular flexibility index (Phi) is 3.96. The monoisotopic (exact) mass is 198 g/mol. The minimum absolute atomic E-state index is 0.307. The quantitative estimate of drug-likeness (QED) is 0.727. The molecule has 0 saturated heterocycles. The van der Waals surface area contributed by atoms with Gasteiger partial charge in [-0.3, -0.25) is 0 Å². The maximum Gasteiger partial charge on any atom is 0.122 e. The number of phenolic OH excluding ortho intramolecular Hbond substituents is 1. The molecule has 0 bridgehead atoms.